The van der Waals surface area contributed by atoms with E-state index in [0.717, 1.165) is 17.5 Å². The fourth-order valence-electron chi connectivity index (χ4n) is 1.23. The van der Waals surface area contributed by atoms with Crippen LogP contribution in [0.2, 0.25) is 0 Å². The van der Waals surface area contributed by atoms with E-state index in [4.69, 9.17) is 0 Å². The van der Waals surface area contributed by atoms with Gasteiger partial charge in [0.15, 0.2) is 0 Å². The maximum absolute atomic E-state index is 10.4. The summed E-state index contributed by atoms with van der Waals surface area (Å²) < 4.78 is 0. The van der Waals surface area contributed by atoms with E-state index in [1.807, 2.05) is 24.3 Å². The van der Waals surface area contributed by atoms with Gasteiger partial charge in [-0.3, -0.25) is 4.79 Å². The number of hydrogen-bond donors (Lipinski definition) is 1. The van der Waals surface area contributed by atoms with Crippen LogP contribution in [0.4, 0.5) is 0 Å². The number of rotatable bonds is 3. The van der Waals surface area contributed by atoms with Crippen LogP contribution in [-0.2, 0) is 0 Å². The Labute approximate surface area is 87.5 Å². The van der Waals surface area contributed by atoms with Crippen LogP contribution in [0.3, 0.4) is 0 Å². The van der Waals surface area contributed by atoms with Crippen molar-refractivity contribution in [3.8, 4) is 0 Å². The number of hydrogen-bond acceptors (Lipinski definition) is 2. The van der Waals surface area contributed by atoms with Crippen LogP contribution in [0, 0.1) is 0 Å². The molecule has 0 aliphatic rings. The van der Waals surface area contributed by atoms with Crippen molar-refractivity contribution in [3.63, 3.8) is 0 Å². The highest BCUT2D eigenvalue weighted by Gasteiger charge is 1.90. The van der Waals surface area contributed by atoms with Crippen molar-refractivity contribution in [3.05, 3.63) is 53.6 Å². The highest BCUT2D eigenvalue weighted by Crippen LogP contribution is 2.06. The predicted octanol–water partition coefficient (Wildman–Crippen LogP) is 2.39. The van der Waals surface area contributed by atoms with Gasteiger partial charge in [0.1, 0.15) is 6.29 Å². The highest BCUT2D eigenvalue weighted by molar-refractivity contribution is 5.76. The Balaban J connectivity index is 2.14. The second-order valence-corrected chi connectivity index (χ2v) is 3.12. The third kappa shape index (κ3) is 2.40. The summed E-state index contributed by atoms with van der Waals surface area (Å²) in [4.78, 5) is 17.3. The zero-order valence-electron chi connectivity index (χ0n) is 8.05. The third-order valence-corrected chi connectivity index (χ3v) is 2.05. The Morgan fingerprint density at radius 2 is 1.80 bits per heavy atom. The predicted molar refractivity (Wildman–Crippen MR) is 59.3 cm³/mol. The summed E-state index contributed by atoms with van der Waals surface area (Å²) in [6.45, 7) is 0. The summed E-state index contributed by atoms with van der Waals surface area (Å²) >= 11 is 0. The summed E-state index contributed by atoms with van der Waals surface area (Å²) in [5.74, 6) is 0. The smallest absolute Gasteiger partial charge is 0.150 e. The Morgan fingerprint density at radius 3 is 2.40 bits per heavy atom. The lowest BCUT2D eigenvalue weighted by Gasteiger charge is -1.93. The van der Waals surface area contributed by atoms with Crippen LogP contribution in [0.15, 0.2) is 36.8 Å². The topological polar surface area (TPSA) is 45.8 Å². The summed E-state index contributed by atoms with van der Waals surface area (Å²) in [6, 6.07) is 7.38. The van der Waals surface area contributed by atoms with E-state index in [1.54, 1.807) is 24.7 Å². The zero-order chi connectivity index (χ0) is 10.5. The molecule has 0 bridgehead atoms. The molecule has 74 valence electrons. The fraction of sp³-hybridized carbons (Fsp3) is 0. The molecule has 0 aliphatic heterocycles. The van der Waals surface area contributed by atoms with Gasteiger partial charge in [-0.05, 0) is 11.6 Å². The highest BCUT2D eigenvalue weighted by atomic mass is 16.1. The SMILES string of the molecule is O=Cc1ccc(C=Cc2cnc[nH]2)cc1. The van der Waals surface area contributed by atoms with Gasteiger partial charge in [-0.25, -0.2) is 4.98 Å². The summed E-state index contributed by atoms with van der Waals surface area (Å²) in [5.41, 5.74) is 2.69. The molecule has 2 aromatic rings. The van der Waals surface area contributed by atoms with E-state index in [0.29, 0.717) is 5.56 Å². The van der Waals surface area contributed by atoms with Gasteiger partial charge in [0.05, 0.1) is 18.2 Å². The molecule has 3 nitrogen and oxygen atoms in total. The van der Waals surface area contributed by atoms with E-state index in [9.17, 15) is 4.79 Å². The van der Waals surface area contributed by atoms with Crippen LogP contribution in [0.5, 0.6) is 0 Å². The lowest BCUT2D eigenvalue weighted by molar-refractivity contribution is 0.112. The van der Waals surface area contributed by atoms with Crippen LogP contribution in [-0.4, -0.2) is 16.3 Å². The second-order valence-electron chi connectivity index (χ2n) is 3.12. The van der Waals surface area contributed by atoms with E-state index in [-0.39, 0.29) is 0 Å². The Kier molecular flexibility index (Phi) is 2.74. The monoisotopic (exact) mass is 198 g/mol. The Hall–Kier alpha value is -2.16. The first kappa shape index (κ1) is 9.40. The lowest BCUT2D eigenvalue weighted by atomic mass is 10.1. The fourth-order valence-corrected chi connectivity index (χ4v) is 1.23. The lowest BCUT2D eigenvalue weighted by Crippen LogP contribution is -1.78. The molecule has 0 amide bonds. The molecule has 1 heterocycles. The number of aromatic nitrogens is 2. The minimum absolute atomic E-state index is 0.689. The second kappa shape index (κ2) is 4.37. The molecule has 1 aromatic heterocycles. The first-order valence-corrected chi connectivity index (χ1v) is 4.60. The van der Waals surface area contributed by atoms with Crippen molar-refractivity contribution in [1.82, 2.24) is 9.97 Å². The van der Waals surface area contributed by atoms with Gasteiger partial charge >= 0.3 is 0 Å². The van der Waals surface area contributed by atoms with Crippen LogP contribution >= 0.6 is 0 Å². The maximum atomic E-state index is 10.4. The molecule has 3 heteroatoms. The van der Waals surface area contributed by atoms with Crippen molar-refractivity contribution < 1.29 is 4.79 Å². The van der Waals surface area contributed by atoms with Crippen molar-refractivity contribution in [2.45, 2.75) is 0 Å². The van der Waals surface area contributed by atoms with Gasteiger partial charge in [-0.15, -0.1) is 0 Å². The Morgan fingerprint density at radius 1 is 1.07 bits per heavy atom. The molecule has 0 atom stereocenters. The number of imidazole rings is 1. The van der Waals surface area contributed by atoms with Crippen molar-refractivity contribution in [2.24, 2.45) is 0 Å². The summed E-state index contributed by atoms with van der Waals surface area (Å²) in [5, 5.41) is 0. The first-order valence-electron chi connectivity index (χ1n) is 4.60. The van der Waals surface area contributed by atoms with Gasteiger partial charge < -0.3 is 4.98 Å². The average molecular weight is 198 g/mol. The van der Waals surface area contributed by atoms with E-state index in [2.05, 4.69) is 9.97 Å². The van der Waals surface area contributed by atoms with E-state index >= 15 is 0 Å². The molecule has 0 saturated carbocycles. The number of nitrogens with zero attached hydrogens (tertiary/aromatic N) is 1. The van der Waals surface area contributed by atoms with Gasteiger partial charge in [0.25, 0.3) is 0 Å². The van der Waals surface area contributed by atoms with Gasteiger partial charge in [-0.1, -0.05) is 30.3 Å². The quantitative estimate of drug-likeness (QED) is 0.769. The third-order valence-electron chi connectivity index (χ3n) is 2.05. The van der Waals surface area contributed by atoms with Crippen LogP contribution in [0.1, 0.15) is 21.6 Å². The van der Waals surface area contributed by atoms with E-state index < -0.39 is 0 Å². The standard InChI is InChI=1S/C12H10N2O/c15-8-11-3-1-10(2-4-11)5-6-12-7-13-9-14-12/h1-9H,(H,13,14). The molecular formula is C12H10N2O. The molecule has 1 N–H and O–H groups in total. The molecule has 1 aromatic carbocycles. The number of aromatic amines is 1. The zero-order valence-corrected chi connectivity index (χ0v) is 8.05. The molecule has 0 spiro atoms. The van der Waals surface area contributed by atoms with Crippen molar-refractivity contribution >= 4 is 18.4 Å². The minimum atomic E-state index is 0.689. The molecule has 0 saturated heterocycles. The normalized spacial score (nSPS) is 10.7. The largest absolute Gasteiger partial charge is 0.345 e. The van der Waals surface area contributed by atoms with Gasteiger partial charge in [0.2, 0.25) is 0 Å². The van der Waals surface area contributed by atoms with Crippen LogP contribution < -0.4 is 0 Å². The summed E-state index contributed by atoms with van der Waals surface area (Å²) in [6.07, 6.45) is 8.11. The number of nitrogens with one attached hydrogen (secondary N) is 1. The molecule has 0 radical (unpaired) electrons. The molecule has 2 rings (SSSR count). The number of benzene rings is 1. The van der Waals surface area contributed by atoms with E-state index in [1.165, 1.54) is 0 Å². The van der Waals surface area contributed by atoms with Crippen molar-refractivity contribution in [1.29, 1.82) is 0 Å². The van der Waals surface area contributed by atoms with Gasteiger partial charge in [-0.2, -0.15) is 0 Å². The number of carbonyl (C=O) groups excluding carboxylic acids is 1. The first-order chi connectivity index (χ1) is 7.38. The molecule has 0 aliphatic carbocycles. The number of carbonyl (C=O) groups is 1. The minimum Gasteiger partial charge on any atom is -0.345 e. The van der Waals surface area contributed by atoms with Crippen molar-refractivity contribution in [2.75, 3.05) is 0 Å². The van der Waals surface area contributed by atoms with Crippen LogP contribution in [0.25, 0.3) is 12.2 Å². The maximum Gasteiger partial charge on any atom is 0.150 e. The summed E-state index contributed by atoms with van der Waals surface area (Å²) in [7, 11) is 0. The van der Waals surface area contributed by atoms with Gasteiger partial charge in [0, 0.05) is 5.56 Å². The number of aldehydes is 1. The molecule has 0 unspecified atom stereocenters. The Bertz CT molecular complexity index is 455. The molecular weight excluding hydrogens is 188 g/mol. The molecule has 0 fully saturated rings. The average Bonchev–Trinajstić information content (AvgIpc) is 2.80. The number of H-pyrrole nitrogens is 1. The molecule has 15 heavy (non-hydrogen) atoms.